The molecule has 4 rings (SSSR count). The molecule has 0 aliphatic heterocycles. The highest BCUT2D eigenvalue weighted by Gasteiger charge is 2.21. The minimum Gasteiger partial charge on any atom is -0.350 e. The van der Waals surface area contributed by atoms with Gasteiger partial charge >= 0.3 is 0 Å². The van der Waals surface area contributed by atoms with E-state index < -0.39 is 0 Å². The van der Waals surface area contributed by atoms with Gasteiger partial charge in [-0.25, -0.2) is 4.98 Å². The minimum absolute atomic E-state index is 0.0416. The molecule has 0 spiro atoms. The number of nitrogens with one attached hydrogen (secondary N) is 1. The van der Waals surface area contributed by atoms with E-state index in [0.29, 0.717) is 42.1 Å². The standard InChI is InChI=1S/C25H31N5O2/c1-17-12-20(15-29(2)25(17)32)23-28-22(16-30(23)14-19-6-4-3-5-7-19)24(31)27-13-18-8-10-21(26)11-9-18/h3-7,12,15-16,18,21H,8-11,13-14,26H2,1-2H3,(H,27,31)/t18-,21-. The normalized spacial score (nSPS) is 18.5. The van der Waals surface area contributed by atoms with E-state index in [4.69, 9.17) is 5.73 Å². The number of amides is 1. The molecule has 1 amide bonds. The van der Waals surface area contributed by atoms with Crippen LogP contribution >= 0.6 is 0 Å². The zero-order chi connectivity index (χ0) is 22.7. The molecular weight excluding hydrogens is 402 g/mol. The second-order valence-electron chi connectivity index (χ2n) is 8.88. The van der Waals surface area contributed by atoms with Crippen molar-refractivity contribution >= 4 is 5.91 Å². The molecule has 7 heteroatoms. The fourth-order valence-corrected chi connectivity index (χ4v) is 4.38. The number of benzene rings is 1. The second kappa shape index (κ2) is 9.53. The Morgan fingerprint density at radius 1 is 1.16 bits per heavy atom. The highest BCUT2D eigenvalue weighted by atomic mass is 16.2. The maximum Gasteiger partial charge on any atom is 0.271 e. The van der Waals surface area contributed by atoms with Crippen molar-refractivity contribution in [3.63, 3.8) is 0 Å². The number of imidazole rings is 1. The first-order valence-electron chi connectivity index (χ1n) is 11.2. The number of nitrogens with zero attached hydrogens (tertiary/aromatic N) is 3. The number of aryl methyl sites for hydroxylation is 2. The number of hydrogen-bond acceptors (Lipinski definition) is 4. The van der Waals surface area contributed by atoms with Crippen LogP contribution in [0.15, 0.2) is 53.6 Å². The molecule has 2 aromatic heterocycles. The van der Waals surface area contributed by atoms with Crippen LogP contribution in [0.1, 0.15) is 47.3 Å². The monoisotopic (exact) mass is 433 g/mol. The number of carbonyl (C=O) groups is 1. The highest BCUT2D eigenvalue weighted by Crippen LogP contribution is 2.23. The van der Waals surface area contributed by atoms with Crippen molar-refractivity contribution in [2.75, 3.05) is 6.54 Å². The van der Waals surface area contributed by atoms with Crippen LogP contribution in [-0.4, -0.2) is 32.6 Å². The molecular formula is C25H31N5O2. The Bertz CT molecular complexity index is 1110. The van der Waals surface area contributed by atoms with Gasteiger partial charge in [0.05, 0.1) is 0 Å². The molecule has 3 aromatic rings. The topological polar surface area (TPSA) is 94.9 Å². The van der Waals surface area contributed by atoms with Gasteiger partial charge in [-0.05, 0) is 50.2 Å². The average molecular weight is 434 g/mol. The van der Waals surface area contributed by atoms with Gasteiger partial charge in [0.2, 0.25) is 0 Å². The van der Waals surface area contributed by atoms with Crippen molar-refractivity contribution < 1.29 is 4.79 Å². The lowest BCUT2D eigenvalue weighted by molar-refractivity contribution is 0.0938. The first-order chi connectivity index (χ1) is 15.4. The smallest absolute Gasteiger partial charge is 0.271 e. The Hall–Kier alpha value is -3.19. The molecule has 32 heavy (non-hydrogen) atoms. The molecule has 1 aromatic carbocycles. The molecule has 2 heterocycles. The summed E-state index contributed by atoms with van der Waals surface area (Å²) in [5.41, 5.74) is 8.89. The summed E-state index contributed by atoms with van der Waals surface area (Å²) in [6, 6.07) is 12.2. The largest absolute Gasteiger partial charge is 0.350 e. The zero-order valence-corrected chi connectivity index (χ0v) is 18.8. The molecule has 7 nitrogen and oxygen atoms in total. The van der Waals surface area contributed by atoms with Gasteiger partial charge in [-0.3, -0.25) is 9.59 Å². The predicted octanol–water partition coefficient (Wildman–Crippen LogP) is 2.85. The molecule has 1 aliphatic carbocycles. The molecule has 1 fully saturated rings. The van der Waals surface area contributed by atoms with Crippen molar-refractivity contribution in [2.45, 2.75) is 45.2 Å². The van der Waals surface area contributed by atoms with Gasteiger partial charge in [-0.1, -0.05) is 30.3 Å². The third-order valence-corrected chi connectivity index (χ3v) is 6.27. The van der Waals surface area contributed by atoms with Gasteiger partial charge in [0.15, 0.2) is 0 Å². The van der Waals surface area contributed by atoms with E-state index in [2.05, 4.69) is 10.3 Å². The van der Waals surface area contributed by atoms with Crippen LogP contribution in [-0.2, 0) is 13.6 Å². The molecule has 0 radical (unpaired) electrons. The van der Waals surface area contributed by atoms with Crippen LogP contribution in [0.4, 0.5) is 0 Å². The van der Waals surface area contributed by atoms with Crippen LogP contribution in [0, 0.1) is 12.8 Å². The van der Waals surface area contributed by atoms with Gasteiger partial charge < -0.3 is 20.2 Å². The fraction of sp³-hybridized carbons (Fsp3) is 0.400. The van der Waals surface area contributed by atoms with Gasteiger partial charge in [0.25, 0.3) is 11.5 Å². The van der Waals surface area contributed by atoms with Crippen LogP contribution in [0.3, 0.4) is 0 Å². The van der Waals surface area contributed by atoms with E-state index in [0.717, 1.165) is 36.8 Å². The molecule has 0 saturated heterocycles. The lowest BCUT2D eigenvalue weighted by Gasteiger charge is -2.25. The second-order valence-corrected chi connectivity index (χ2v) is 8.88. The van der Waals surface area contributed by atoms with Crippen LogP contribution in [0.25, 0.3) is 11.4 Å². The van der Waals surface area contributed by atoms with Crippen molar-refractivity contribution in [1.82, 2.24) is 19.4 Å². The molecule has 0 bridgehead atoms. The van der Waals surface area contributed by atoms with Gasteiger partial charge in [0.1, 0.15) is 11.5 Å². The van der Waals surface area contributed by atoms with E-state index in [1.807, 2.05) is 41.0 Å². The predicted molar refractivity (Wildman–Crippen MR) is 125 cm³/mol. The summed E-state index contributed by atoms with van der Waals surface area (Å²) < 4.78 is 3.53. The van der Waals surface area contributed by atoms with Crippen LogP contribution in [0.5, 0.6) is 0 Å². The zero-order valence-electron chi connectivity index (χ0n) is 18.8. The van der Waals surface area contributed by atoms with E-state index in [1.165, 1.54) is 0 Å². The van der Waals surface area contributed by atoms with E-state index >= 15 is 0 Å². The maximum absolute atomic E-state index is 12.9. The van der Waals surface area contributed by atoms with E-state index in [1.54, 1.807) is 30.9 Å². The Balaban J connectivity index is 1.60. The van der Waals surface area contributed by atoms with Gasteiger partial charge in [-0.2, -0.15) is 0 Å². The van der Waals surface area contributed by atoms with Crippen molar-refractivity contribution in [3.05, 3.63) is 76.0 Å². The van der Waals surface area contributed by atoms with Crippen molar-refractivity contribution in [3.8, 4) is 11.4 Å². The first kappa shape index (κ1) is 22.0. The maximum atomic E-state index is 12.9. The number of pyridine rings is 1. The Labute approximate surface area is 188 Å². The van der Waals surface area contributed by atoms with E-state index in [9.17, 15) is 9.59 Å². The van der Waals surface area contributed by atoms with Crippen LogP contribution < -0.4 is 16.6 Å². The summed E-state index contributed by atoms with van der Waals surface area (Å²) in [7, 11) is 1.73. The molecule has 1 aliphatic rings. The summed E-state index contributed by atoms with van der Waals surface area (Å²) in [4.78, 5) is 29.8. The highest BCUT2D eigenvalue weighted by molar-refractivity contribution is 5.92. The number of carbonyl (C=O) groups excluding carboxylic acids is 1. The molecule has 3 N–H and O–H groups in total. The quantitative estimate of drug-likeness (QED) is 0.625. The molecule has 0 unspecified atom stereocenters. The fourth-order valence-electron chi connectivity index (χ4n) is 4.38. The summed E-state index contributed by atoms with van der Waals surface area (Å²) in [6.07, 6.45) is 7.70. The Morgan fingerprint density at radius 3 is 2.56 bits per heavy atom. The SMILES string of the molecule is Cc1cc(-c2nc(C(=O)NC[C@H]3CC[C@H](N)CC3)cn2Cc2ccccc2)cn(C)c1=O. The van der Waals surface area contributed by atoms with Crippen LogP contribution in [0.2, 0.25) is 0 Å². The summed E-state index contributed by atoms with van der Waals surface area (Å²) in [6.45, 7) is 3.02. The number of nitrogens with two attached hydrogens (primary N) is 1. The van der Waals surface area contributed by atoms with E-state index in [-0.39, 0.29) is 11.5 Å². The summed E-state index contributed by atoms with van der Waals surface area (Å²) in [5.74, 6) is 0.965. The molecule has 168 valence electrons. The summed E-state index contributed by atoms with van der Waals surface area (Å²) >= 11 is 0. The molecule has 0 atom stereocenters. The third kappa shape index (κ3) is 4.99. The first-order valence-corrected chi connectivity index (χ1v) is 11.2. The number of aromatic nitrogens is 3. The molecule has 1 saturated carbocycles. The average Bonchev–Trinajstić information content (AvgIpc) is 3.21. The number of rotatable bonds is 6. The Morgan fingerprint density at radius 2 is 1.88 bits per heavy atom. The Kier molecular flexibility index (Phi) is 6.55. The third-order valence-electron chi connectivity index (χ3n) is 6.27. The number of hydrogen-bond donors (Lipinski definition) is 2. The summed E-state index contributed by atoms with van der Waals surface area (Å²) in [5, 5.41) is 3.06. The van der Waals surface area contributed by atoms with Gasteiger partial charge in [-0.15, -0.1) is 0 Å². The van der Waals surface area contributed by atoms with Crippen molar-refractivity contribution in [2.24, 2.45) is 18.7 Å². The minimum atomic E-state index is -0.172. The lowest BCUT2D eigenvalue weighted by Crippen LogP contribution is -2.34. The van der Waals surface area contributed by atoms with Gasteiger partial charge in [0, 0.05) is 49.7 Å². The lowest BCUT2D eigenvalue weighted by atomic mass is 9.86. The van der Waals surface area contributed by atoms with Crippen molar-refractivity contribution in [1.29, 1.82) is 0 Å².